The fourth-order valence-electron chi connectivity index (χ4n) is 2.82. The summed E-state index contributed by atoms with van der Waals surface area (Å²) in [4.78, 5) is 35.6. The van der Waals surface area contributed by atoms with E-state index in [0.717, 1.165) is 12.8 Å². The number of amides is 1. The molecule has 0 aliphatic carbocycles. The van der Waals surface area contributed by atoms with E-state index in [1.807, 2.05) is 13.8 Å². The van der Waals surface area contributed by atoms with Gasteiger partial charge in [0.15, 0.2) is 11.3 Å². The third kappa shape index (κ3) is 2.61. The highest BCUT2D eigenvalue weighted by Crippen LogP contribution is 2.13. The molecule has 6 nitrogen and oxygen atoms in total. The molecule has 0 saturated carbocycles. The highest BCUT2D eigenvalue weighted by atomic mass is 16.2. The summed E-state index contributed by atoms with van der Waals surface area (Å²) in [6.45, 7) is 5.99. The Bertz CT molecular complexity index is 760. The van der Waals surface area contributed by atoms with Gasteiger partial charge in [-0.1, -0.05) is 13.8 Å². The highest BCUT2D eigenvalue weighted by molar-refractivity contribution is 5.93. The molecule has 1 fully saturated rings. The van der Waals surface area contributed by atoms with Crippen LogP contribution in [-0.2, 0) is 6.54 Å². The summed E-state index contributed by atoms with van der Waals surface area (Å²) >= 11 is 0. The lowest BCUT2D eigenvalue weighted by Crippen LogP contribution is -2.37. The van der Waals surface area contributed by atoms with Gasteiger partial charge < -0.3 is 4.90 Å². The number of rotatable bonds is 3. The first-order chi connectivity index (χ1) is 10.6. The van der Waals surface area contributed by atoms with Gasteiger partial charge >= 0.3 is 0 Å². The largest absolute Gasteiger partial charge is 0.337 e. The van der Waals surface area contributed by atoms with Gasteiger partial charge in [0, 0.05) is 25.8 Å². The molecular weight excluding hydrogens is 280 g/mol. The van der Waals surface area contributed by atoms with Crippen molar-refractivity contribution in [2.45, 2.75) is 33.2 Å². The normalized spacial score (nSPS) is 15.0. The summed E-state index contributed by atoms with van der Waals surface area (Å²) in [7, 11) is 0. The van der Waals surface area contributed by atoms with Crippen molar-refractivity contribution in [2.24, 2.45) is 5.92 Å². The Morgan fingerprint density at radius 2 is 2.05 bits per heavy atom. The molecule has 1 aliphatic heterocycles. The maximum Gasteiger partial charge on any atom is 0.283 e. The van der Waals surface area contributed by atoms with E-state index in [-0.39, 0.29) is 23.1 Å². The minimum atomic E-state index is -0.336. The number of carbonyl (C=O) groups is 1. The van der Waals surface area contributed by atoms with Gasteiger partial charge in [-0.25, -0.2) is 9.97 Å². The number of pyridine rings is 1. The van der Waals surface area contributed by atoms with Crippen LogP contribution >= 0.6 is 0 Å². The van der Waals surface area contributed by atoms with E-state index >= 15 is 0 Å². The zero-order chi connectivity index (χ0) is 15.7. The molecular formula is C16H20N4O2. The molecule has 1 amide bonds. The van der Waals surface area contributed by atoms with E-state index in [0.29, 0.717) is 30.8 Å². The zero-order valence-electron chi connectivity index (χ0n) is 13.0. The Balaban J connectivity index is 2.16. The first-order valence-electron chi connectivity index (χ1n) is 7.73. The van der Waals surface area contributed by atoms with E-state index in [1.165, 1.54) is 0 Å². The van der Waals surface area contributed by atoms with Crippen LogP contribution in [0.25, 0.3) is 11.2 Å². The molecule has 22 heavy (non-hydrogen) atoms. The molecule has 0 bridgehead atoms. The molecule has 6 heteroatoms. The monoisotopic (exact) mass is 300 g/mol. The maximum absolute atomic E-state index is 12.7. The summed E-state index contributed by atoms with van der Waals surface area (Å²) < 4.78 is 1.58. The van der Waals surface area contributed by atoms with Crippen LogP contribution in [0.15, 0.2) is 23.1 Å². The van der Waals surface area contributed by atoms with E-state index < -0.39 is 0 Å². The Hall–Kier alpha value is -2.24. The molecule has 0 N–H and O–H groups in total. The van der Waals surface area contributed by atoms with Crippen molar-refractivity contribution < 1.29 is 4.79 Å². The standard InChI is InChI=1S/C16H20N4O2/c1-11(2)10-20-14-12(6-5-7-17-14)18-13(16(20)22)15(21)19-8-3-4-9-19/h5-7,11H,3-4,8-10H2,1-2H3. The number of hydrogen-bond acceptors (Lipinski definition) is 4. The van der Waals surface area contributed by atoms with Crippen LogP contribution < -0.4 is 5.56 Å². The van der Waals surface area contributed by atoms with Gasteiger partial charge in [0.05, 0.1) is 0 Å². The van der Waals surface area contributed by atoms with Crippen molar-refractivity contribution >= 4 is 17.1 Å². The maximum atomic E-state index is 12.7. The fourth-order valence-corrected chi connectivity index (χ4v) is 2.82. The molecule has 3 heterocycles. The van der Waals surface area contributed by atoms with Gasteiger partial charge in [0.1, 0.15) is 5.52 Å². The van der Waals surface area contributed by atoms with Crippen LogP contribution in [0, 0.1) is 5.92 Å². The predicted molar refractivity (Wildman–Crippen MR) is 83.8 cm³/mol. The highest BCUT2D eigenvalue weighted by Gasteiger charge is 2.25. The van der Waals surface area contributed by atoms with Crippen molar-refractivity contribution in [3.63, 3.8) is 0 Å². The average molecular weight is 300 g/mol. The van der Waals surface area contributed by atoms with Crippen LogP contribution in [0.4, 0.5) is 0 Å². The topological polar surface area (TPSA) is 68.1 Å². The third-order valence-electron chi connectivity index (χ3n) is 3.85. The Labute approximate surface area is 128 Å². The van der Waals surface area contributed by atoms with E-state index in [4.69, 9.17) is 0 Å². The molecule has 0 aromatic carbocycles. The lowest BCUT2D eigenvalue weighted by atomic mass is 10.2. The Kier molecular flexibility index (Phi) is 3.92. The van der Waals surface area contributed by atoms with Crippen molar-refractivity contribution in [3.05, 3.63) is 34.4 Å². The first-order valence-corrected chi connectivity index (χ1v) is 7.73. The minimum absolute atomic E-state index is 0.0167. The lowest BCUT2D eigenvalue weighted by Gasteiger charge is -2.17. The second kappa shape index (κ2) is 5.87. The average Bonchev–Trinajstić information content (AvgIpc) is 3.03. The summed E-state index contributed by atoms with van der Waals surface area (Å²) in [5.41, 5.74) is 0.810. The smallest absolute Gasteiger partial charge is 0.283 e. The lowest BCUT2D eigenvalue weighted by molar-refractivity contribution is 0.0784. The van der Waals surface area contributed by atoms with Crippen LogP contribution in [-0.4, -0.2) is 38.4 Å². The summed E-state index contributed by atoms with van der Waals surface area (Å²) in [5.74, 6) is 0.0193. The van der Waals surface area contributed by atoms with Crippen molar-refractivity contribution in [3.8, 4) is 0 Å². The second-order valence-corrected chi connectivity index (χ2v) is 6.12. The number of aromatic nitrogens is 3. The minimum Gasteiger partial charge on any atom is -0.337 e. The number of nitrogens with zero attached hydrogens (tertiary/aromatic N) is 4. The Morgan fingerprint density at radius 3 is 2.73 bits per heavy atom. The molecule has 2 aromatic heterocycles. The van der Waals surface area contributed by atoms with Crippen LogP contribution in [0.1, 0.15) is 37.2 Å². The van der Waals surface area contributed by atoms with Gasteiger partial charge in [-0.05, 0) is 30.9 Å². The molecule has 2 aromatic rings. The molecule has 116 valence electrons. The van der Waals surface area contributed by atoms with Gasteiger partial charge in [-0.2, -0.15) is 0 Å². The van der Waals surface area contributed by atoms with E-state index in [1.54, 1.807) is 27.8 Å². The first kappa shape index (κ1) is 14.7. The van der Waals surface area contributed by atoms with Crippen LogP contribution in [0.3, 0.4) is 0 Å². The quantitative estimate of drug-likeness (QED) is 0.865. The summed E-state index contributed by atoms with van der Waals surface area (Å²) in [5, 5.41) is 0. The molecule has 1 aliphatic rings. The van der Waals surface area contributed by atoms with Crippen LogP contribution in [0.5, 0.6) is 0 Å². The zero-order valence-corrected chi connectivity index (χ0v) is 13.0. The number of hydrogen-bond donors (Lipinski definition) is 0. The van der Waals surface area contributed by atoms with Crippen molar-refractivity contribution in [1.82, 2.24) is 19.4 Å². The molecule has 0 spiro atoms. The third-order valence-corrected chi connectivity index (χ3v) is 3.85. The van der Waals surface area contributed by atoms with E-state index in [2.05, 4.69) is 9.97 Å². The Morgan fingerprint density at radius 1 is 1.32 bits per heavy atom. The summed E-state index contributed by atoms with van der Waals surface area (Å²) in [6.07, 6.45) is 3.62. The number of carbonyl (C=O) groups excluding carboxylic acids is 1. The molecule has 0 radical (unpaired) electrons. The van der Waals surface area contributed by atoms with E-state index in [9.17, 15) is 9.59 Å². The summed E-state index contributed by atoms with van der Waals surface area (Å²) in [6, 6.07) is 3.56. The molecule has 3 rings (SSSR count). The fraction of sp³-hybridized carbons (Fsp3) is 0.500. The van der Waals surface area contributed by atoms with Crippen molar-refractivity contribution in [1.29, 1.82) is 0 Å². The van der Waals surface area contributed by atoms with Gasteiger partial charge in [-0.15, -0.1) is 0 Å². The number of fused-ring (bicyclic) bond motifs is 1. The molecule has 0 atom stereocenters. The SMILES string of the molecule is CC(C)Cn1c(=O)c(C(=O)N2CCCC2)nc2cccnc21. The van der Waals surface area contributed by atoms with Crippen molar-refractivity contribution in [2.75, 3.05) is 13.1 Å². The molecule has 0 unspecified atom stereocenters. The number of likely N-dealkylation sites (tertiary alicyclic amines) is 1. The van der Waals surface area contributed by atoms with Gasteiger partial charge in [0.25, 0.3) is 11.5 Å². The van der Waals surface area contributed by atoms with Crippen LogP contribution in [0.2, 0.25) is 0 Å². The second-order valence-electron chi connectivity index (χ2n) is 6.12. The predicted octanol–water partition coefficient (Wildman–Crippen LogP) is 1.68. The molecule has 1 saturated heterocycles. The van der Waals surface area contributed by atoms with Gasteiger partial charge in [0.2, 0.25) is 0 Å². The van der Waals surface area contributed by atoms with Gasteiger partial charge in [-0.3, -0.25) is 14.2 Å².